The lowest BCUT2D eigenvalue weighted by Crippen LogP contribution is -2.13. The molecule has 0 aliphatic rings. The number of nitriles is 1. The summed E-state index contributed by atoms with van der Waals surface area (Å²) in [7, 11) is 0. The fourth-order valence-electron chi connectivity index (χ4n) is 1.12. The van der Waals surface area contributed by atoms with Crippen molar-refractivity contribution in [2.45, 2.75) is 6.18 Å². The maximum Gasteiger partial charge on any atom is 0.418 e. The zero-order valence-corrected chi connectivity index (χ0v) is 11.4. The number of alkyl halides is 3. The molecule has 96 valence electrons. The fraction of sp³-hybridized carbons (Fsp3) is 0.200. The van der Waals surface area contributed by atoms with Gasteiger partial charge in [-0.1, -0.05) is 27.7 Å². The lowest BCUT2D eigenvalue weighted by atomic mass is 10.2. The molecule has 0 atom stereocenters. The second-order valence-corrected chi connectivity index (χ2v) is 4.73. The molecular formula is C10H7BrF3N3S. The Labute approximate surface area is 114 Å². The molecule has 0 spiro atoms. The molecule has 0 fully saturated rings. The first-order valence-electron chi connectivity index (χ1n) is 4.53. The summed E-state index contributed by atoms with van der Waals surface area (Å²) in [4.78, 5) is 3.79. The second kappa shape index (κ2) is 6.11. The molecule has 0 saturated heterocycles. The van der Waals surface area contributed by atoms with Gasteiger partial charge in [-0.2, -0.15) is 18.4 Å². The summed E-state index contributed by atoms with van der Waals surface area (Å²) in [5, 5.41) is 10.8. The predicted octanol–water partition coefficient (Wildman–Crippen LogP) is 3.89. The van der Waals surface area contributed by atoms with E-state index in [2.05, 4.69) is 26.2 Å². The van der Waals surface area contributed by atoms with E-state index < -0.39 is 11.7 Å². The predicted molar refractivity (Wildman–Crippen MR) is 68.5 cm³/mol. The molecule has 8 heteroatoms. The average Bonchev–Trinajstić information content (AvgIpc) is 2.26. The first-order chi connectivity index (χ1) is 8.38. The molecule has 1 N–H and O–H groups in total. The maximum absolute atomic E-state index is 12.7. The number of thioether (sulfide) groups is 1. The molecule has 0 radical (unpaired) electrons. The molecule has 0 bridgehead atoms. The zero-order chi connectivity index (χ0) is 13.8. The number of hydrogen-bond donors (Lipinski definition) is 1. The van der Waals surface area contributed by atoms with Crippen LogP contribution in [0.25, 0.3) is 0 Å². The molecule has 1 rings (SSSR count). The van der Waals surface area contributed by atoms with Crippen LogP contribution in [0, 0.1) is 11.5 Å². The van der Waals surface area contributed by atoms with E-state index in [0.717, 1.165) is 17.8 Å². The second-order valence-electron chi connectivity index (χ2n) is 3.02. The van der Waals surface area contributed by atoms with Crippen molar-refractivity contribution in [3.05, 3.63) is 28.2 Å². The number of hydrogen-bond acceptors (Lipinski definition) is 3. The molecule has 0 amide bonds. The molecule has 3 nitrogen and oxygen atoms in total. The molecule has 0 heterocycles. The van der Waals surface area contributed by atoms with Crippen LogP contribution in [0.1, 0.15) is 5.56 Å². The van der Waals surface area contributed by atoms with Crippen molar-refractivity contribution in [2.24, 2.45) is 4.99 Å². The minimum Gasteiger partial charge on any atom is -0.271 e. The van der Waals surface area contributed by atoms with Gasteiger partial charge in [0.05, 0.1) is 11.3 Å². The summed E-state index contributed by atoms with van der Waals surface area (Å²) in [6.45, 7) is 0. The number of rotatable bonds is 1. The molecular weight excluding hydrogens is 331 g/mol. The molecule has 0 unspecified atom stereocenters. The third-order valence-electron chi connectivity index (χ3n) is 1.84. The summed E-state index contributed by atoms with van der Waals surface area (Å²) >= 11 is 4.13. The van der Waals surface area contributed by atoms with Crippen LogP contribution in [0.4, 0.5) is 18.9 Å². The van der Waals surface area contributed by atoms with Crippen molar-refractivity contribution in [3.8, 4) is 6.19 Å². The van der Waals surface area contributed by atoms with Crippen molar-refractivity contribution in [1.82, 2.24) is 5.32 Å². The summed E-state index contributed by atoms with van der Waals surface area (Å²) in [5.74, 6) is 0. The van der Waals surface area contributed by atoms with E-state index >= 15 is 0 Å². The van der Waals surface area contributed by atoms with Gasteiger partial charge < -0.3 is 0 Å². The third kappa shape index (κ3) is 3.92. The van der Waals surface area contributed by atoms with Crippen LogP contribution in [-0.4, -0.2) is 11.4 Å². The van der Waals surface area contributed by atoms with Gasteiger partial charge in [-0.15, -0.1) is 0 Å². The highest BCUT2D eigenvalue weighted by Gasteiger charge is 2.33. The van der Waals surface area contributed by atoms with Crippen molar-refractivity contribution in [1.29, 1.82) is 5.26 Å². The van der Waals surface area contributed by atoms with E-state index in [1.165, 1.54) is 12.1 Å². The number of halogens is 4. The van der Waals surface area contributed by atoms with Gasteiger partial charge in [0.25, 0.3) is 0 Å². The van der Waals surface area contributed by atoms with E-state index in [-0.39, 0.29) is 10.9 Å². The first kappa shape index (κ1) is 14.9. The molecule has 0 aliphatic heterocycles. The maximum atomic E-state index is 12.7. The van der Waals surface area contributed by atoms with Gasteiger partial charge in [-0.05, 0) is 24.5 Å². The Balaban J connectivity index is 3.30. The monoisotopic (exact) mass is 337 g/mol. The van der Waals surface area contributed by atoms with Crippen LogP contribution in [0.5, 0.6) is 0 Å². The van der Waals surface area contributed by atoms with Crippen LogP contribution < -0.4 is 5.32 Å². The topological polar surface area (TPSA) is 48.2 Å². The summed E-state index contributed by atoms with van der Waals surface area (Å²) < 4.78 is 38.7. The van der Waals surface area contributed by atoms with Crippen LogP contribution in [0.15, 0.2) is 27.7 Å². The van der Waals surface area contributed by atoms with Gasteiger partial charge in [0.1, 0.15) is 0 Å². The highest BCUT2D eigenvalue weighted by atomic mass is 79.9. The third-order valence-corrected chi connectivity index (χ3v) is 2.92. The summed E-state index contributed by atoms with van der Waals surface area (Å²) in [5.41, 5.74) is -1.10. The lowest BCUT2D eigenvalue weighted by Gasteiger charge is -2.10. The number of amidine groups is 1. The van der Waals surface area contributed by atoms with E-state index in [1.54, 1.807) is 12.4 Å². The normalized spacial score (nSPS) is 12.1. The van der Waals surface area contributed by atoms with E-state index in [1.807, 2.05) is 0 Å². The number of aliphatic imine (C=N–C) groups is 1. The molecule has 1 aromatic carbocycles. The van der Waals surface area contributed by atoms with Gasteiger partial charge >= 0.3 is 6.18 Å². The minimum atomic E-state index is -4.49. The highest BCUT2D eigenvalue weighted by molar-refractivity contribution is 9.10. The van der Waals surface area contributed by atoms with Crippen molar-refractivity contribution >= 4 is 38.5 Å². The molecule has 18 heavy (non-hydrogen) atoms. The van der Waals surface area contributed by atoms with Crippen LogP contribution in [0.2, 0.25) is 0 Å². The SMILES string of the molecule is CSC(=Nc1cc(Br)ccc1C(F)(F)F)NC#N. The van der Waals surface area contributed by atoms with Gasteiger partial charge in [0, 0.05) is 4.47 Å². The minimum absolute atomic E-state index is 0.0982. The Kier molecular flexibility index (Phi) is 5.04. The Bertz CT molecular complexity index is 508. The number of nitrogens with zero attached hydrogens (tertiary/aromatic N) is 2. The Morgan fingerprint density at radius 1 is 1.50 bits per heavy atom. The lowest BCUT2D eigenvalue weighted by molar-refractivity contribution is -0.137. The molecule has 1 aromatic rings. The fourth-order valence-corrected chi connectivity index (χ4v) is 1.81. The zero-order valence-electron chi connectivity index (χ0n) is 9.05. The Morgan fingerprint density at radius 3 is 2.67 bits per heavy atom. The van der Waals surface area contributed by atoms with Crippen LogP contribution in [-0.2, 0) is 6.18 Å². The van der Waals surface area contributed by atoms with Crippen molar-refractivity contribution < 1.29 is 13.2 Å². The van der Waals surface area contributed by atoms with E-state index in [9.17, 15) is 13.2 Å². The average molecular weight is 338 g/mol. The van der Waals surface area contributed by atoms with Crippen molar-refractivity contribution in [2.75, 3.05) is 6.26 Å². The van der Waals surface area contributed by atoms with E-state index in [4.69, 9.17) is 5.26 Å². The Hall–Kier alpha value is -1.20. The molecule has 0 saturated carbocycles. The summed E-state index contributed by atoms with van der Waals surface area (Å²) in [6, 6.07) is 3.48. The van der Waals surface area contributed by atoms with Crippen LogP contribution >= 0.6 is 27.7 Å². The molecule has 0 aliphatic carbocycles. The van der Waals surface area contributed by atoms with Gasteiger partial charge in [0.2, 0.25) is 0 Å². The highest BCUT2D eigenvalue weighted by Crippen LogP contribution is 2.38. The van der Waals surface area contributed by atoms with Gasteiger partial charge in [-0.3, -0.25) is 5.32 Å². The van der Waals surface area contributed by atoms with E-state index in [0.29, 0.717) is 4.47 Å². The van der Waals surface area contributed by atoms with Crippen LogP contribution in [0.3, 0.4) is 0 Å². The van der Waals surface area contributed by atoms with Gasteiger partial charge in [0.15, 0.2) is 11.4 Å². The summed E-state index contributed by atoms with van der Waals surface area (Å²) in [6.07, 6.45) is -1.27. The molecule has 0 aromatic heterocycles. The largest absolute Gasteiger partial charge is 0.418 e. The van der Waals surface area contributed by atoms with Crippen molar-refractivity contribution in [3.63, 3.8) is 0 Å². The standard InChI is InChI=1S/C10H7BrF3N3S/c1-18-9(16-5-15)17-8-4-6(11)2-3-7(8)10(12,13)14/h2-4H,1H3,(H,16,17). The quantitative estimate of drug-likeness (QED) is 0.366. The first-order valence-corrected chi connectivity index (χ1v) is 6.54. The smallest absolute Gasteiger partial charge is 0.271 e. The Morgan fingerprint density at radius 2 is 2.17 bits per heavy atom. The van der Waals surface area contributed by atoms with Gasteiger partial charge in [-0.25, -0.2) is 4.99 Å². The number of benzene rings is 1. The number of nitrogens with one attached hydrogen (secondary N) is 1.